The third-order valence-electron chi connectivity index (χ3n) is 2.92. The Labute approximate surface area is 114 Å². The summed E-state index contributed by atoms with van der Waals surface area (Å²) in [6.07, 6.45) is 0. The van der Waals surface area contributed by atoms with Gasteiger partial charge in [-0.05, 0) is 25.0 Å². The van der Waals surface area contributed by atoms with Crippen molar-refractivity contribution in [1.29, 1.82) is 0 Å². The Balaban J connectivity index is 3.06. The van der Waals surface area contributed by atoms with Crippen LogP contribution in [0.2, 0.25) is 0 Å². The summed E-state index contributed by atoms with van der Waals surface area (Å²) in [6.45, 7) is 5.41. The van der Waals surface area contributed by atoms with Crippen molar-refractivity contribution in [3.63, 3.8) is 0 Å². The molecular weight excluding hydrogens is 264 g/mol. The molecule has 0 radical (unpaired) electrons. The van der Waals surface area contributed by atoms with Gasteiger partial charge in [0.25, 0.3) is 0 Å². The van der Waals surface area contributed by atoms with Gasteiger partial charge in [-0.3, -0.25) is 4.79 Å². The molecule has 3 N–H and O–H groups in total. The smallest absolute Gasteiger partial charge is 0.240 e. The Morgan fingerprint density at radius 1 is 1.37 bits per heavy atom. The molecule has 1 aromatic rings. The van der Waals surface area contributed by atoms with Crippen LogP contribution in [0.25, 0.3) is 0 Å². The topological polar surface area (TPSA) is 89.3 Å². The molecule has 0 aliphatic heterocycles. The van der Waals surface area contributed by atoms with Crippen molar-refractivity contribution in [3.05, 3.63) is 29.8 Å². The number of nitrogens with one attached hydrogen (secondary N) is 1. The maximum atomic E-state index is 12.2. The van der Waals surface area contributed by atoms with Gasteiger partial charge >= 0.3 is 0 Å². The van der Waals surface area contributed by atoms with Crippen molar-refractivity contribution in [2.24, 2.45) is 11.7 Å². The first-order valence-corrected chi connectivity index (χ1v) is 7.59. The van der Waals surface area contributed by atoms with Gasteiger partial charge in [0, 0.05) is 18.2 Å². The Morgan fingerprint density at radius 2 is 2.00 bits per heavy atom. The molecule has 0 aliphatic rings. The zero-order valence-electron chi connectivity index (χ0n) is 11.4. The van der Waals surface area contributed by atoms with E-state index >= 15 is 0 Å². The van der Waals surface area contributed by atoms with Gasteiger partial charge in [0.1, 0.15) is 0 Å². The fraction of sp³-hybridized carbons (Fsp3) is 0.462. The monoisotopic (exact) mass is 284 g/mol. The SMILES string of the molecule is CC(=O)c1cccc(S(=O)(=O)NC(CN)C(C)C)c1. The van der Waals surface area contributed by atoms with Crippen molar-refractivity contribution >= 4 is 15.8 Å². The summed E-state index contributed by atoms with van der Waals surface area (Å²) in [5, 5.41) is 0. The molecule has 0 saturated heterocycles. The Hall–Kier alpha value is -1.24. The largest absolute Gasteiger partial charge is 0.329 e. The molecule has 1 aromatic carbocycles. The molecule has 0 saturated carbocycles. The number of hydrogen-bond donors (Lipinski definition) is 2. The molecule has 0 aromatic heterocycles. The number of hydrogen-bond acceptors (Lipinski definition) is 4. The van der Waals surface area contributed by atoms with Gasteiger partial charge in [-0.15, -0.1) is 0 Å². The summed E-state index contributed by atoms with van der Waals surface area (Å²) in [4.78, 5) is 11.4. The van der Waals surface area contributed by atoms with Crippen LogP contribution in [0.5, 0.6) is 0 Å². The highest BCUT2D eigenvalue weighted by atomic mass is 32.2. The molecule has 6 heteroatoms. The van der Waals surface area contributed by atoms with E-state index in [-0.39, 0.29) is 29.2 Å². The molecule has 0 heterocycles. The normalized spacial score (nSPS) is 13.5. The van der Waals surface area contributed by atoms with Gasteiger partial charge in [-0.25, -0.2) is 13.1 Å². The van der Waals surface area contributed by atoms with Crippen LogP contribution in [0.3, 0.4) is 0 Å². The number of sulfonamides is 1. The highest BCUT2D eigenvalue weighted by Crippen LogP contribution is 2.14. The van der Waals surface area contributed by atoms with Crippen LogP contribution in [0.4, 0.5) is 0 Å². The average molecular weight is 284 g/mol. The molecule has 1 atom stereocenters. The molecule has 1 unspecified atom stereocenters. The van der Waals surface area contributed by atoms with Crippen LogP contribution in [-0.4, -0.2) is 26.8 Å². The lowest BCUT2D eigenvalue weighted by molar-refractivity contribution is 0.101. The predicted octanol–water partition coefficient (Wildman–Crippen LogP) is 1.15. The van der Waals surface area contributed by atoms with Crippen molar-refractivity contribution in [2.75, 3.05) is 6.54 Å². The summed E-state index contributed by atoms with van der Waals surface area (Å²) in [5.74, 6) is -0.0768. The van der Waals surface area contributed by atoms with E-state index in [1.807, 2.05) is 13.8 Å². The highest BCUT2D eigenvalue weighted by Gasteiger charge is 2.21. The summed E-state index contributed by atoms with van der Waals surface area (Å²) >= 11 is 0. The van der Waals surface area contributed by atoms with Crippen LogP contribution in [-0.2, 0) is 10.0 Å². The van der Waals surface area contributed by atoms with Gasteiger partial charge in [0.2, 0.25) is 10.0 Å². The number of Topliss-reactive ketones (excluding diaryl/α,β-unsaturated/α-hetero) is 1. The summed E-state index contributed by atoms with van der Waals surface area (Å²) in [6, 6.07) is 5.65. The number of ketones is 1. The van der Waals surface area contributed by atoms with E-state index in [1.54, 1.807) is 12.1 Å². The van der Waals surface area contributed by atoms with E-state index in [9.17, 15) is 13.2 Å². The van der Waals surface area contributed by atoms with E-state index in [4.69, 9.17) is 5.73 Å². The molecule has 1 rings (SSSR count). The number of nitrogens with two attached hydrogens (primary N) is 1. The minimum atomic E-state index is -3.65. The second-order valence-corrected chi connectivity index (χ2v) is 6.51. The van der Waals surface area contributed by atoms with E-state index in [0.717, 1.165) is 0 Å². The maximum absolute atomic E-state index is 12.2. The number of carbonyl (C=O) groups is 1. The predicted molar refractivity (Wildman–Crippen MR) is 74.4 cm³/mol. The lowest BCUT2D eigenvalue weighted by Crippen LogP contribution is -2.43. The first-order chi connectivity index (χ1) is 8.77. The molecule has 0 bridgehead atoms. The molecule has 0 fully saturated rings. The first-order valence-electron chi connectivity index (χ1n) is 6.11. The number of rotatable bonds is 6. The Bertz CT molecular complexity index is 553. The minimum Gasteiger partial charge on any atom is -0.329 e. The van der Waals surface area contributed by atoms with Gasteiger partial charge in [-0.2, -0.15) is 0 Å². The lowest BCUT2D eigenvalue weighted by atomic mass is 10.1. The van der Waals surface area contributed by atoms with Gasteiger partial charge < -0.3 is 5.73 Å². The summed E-state index contributed by atoms with van der Waals surface area (Å²) in [5.41, 5.74) is 5.93. The second-order valence-electron chi connectivity index (χ2n) is 4.79. The summed E-state index contributed by atoms with van der Waals surface area (Å²) < 4.78 is 27.0. The van der Waals surface area contributed by atoms with Crippen molar-refractivity contribution in [3.8, 4) is 0 Å². The average Bonchev–Trinajstić information content (AvgIpc) is 2.35. The van der Waals surface area contributed by atoms with E-state index in [2.05, 4.69) is 4.72 Å². The van der Waals surface area contributed by atoms with Crippen LogP contribution in [0.15, 0.2) is 29.2 Å². The molecule has 5 nitrogen and oxygen atoms in total. The molecule has 0 amide bonds. The minimum absolute atomic E-state index is 0.0827. The second kappa shape index (κ2) is 6.27. The van der Waals surface area contributed by atoms with E-state index < -0.39 is 10.0 Å². The maximum Gasteiger partial charge on any atom is 0.240 e. The zero-order valence-corrected chi connectivity index (χ0v) is 12.2. The summed E-state index contributed by atoms with van der Waals surface area (Å²) in [7, 11) is -3.65. The van der Waals surface area contributed by atoms with E-state index in [1.165, 1.54) is 19.1 Å². The van der Waals surface area contributed by atoms with Crippen LogP contribution < -0.4 is 10.5 Å². The fourth-order valence-electron chi connectivity index (χ4n) is 1.61. The van der Waals surface area contributed by atoms with Gasteiger partial charge in [0.05, 0.1) is 4.90 Å². The van der Waals surface area contributed by atoms with E-state index in [0.29, 0.717) is 5.56 Å². The lowest BCUT2D eigenvalue weighted by Gasteiger charge is -2.20. The first kappa shape index (κ1) is 15.8. The molecule has 106 valence electrons. The number of carbonyl (C=O) groups excluding carboxylic acids is 1. The van der Waals surface area contributed by atoms with Crippen LogP contribution >= 0.6 is 0 Å². The standard InChI is InChI=1S/C13H20N2O3S/c1-9(2)13(8-14)15-19(17,18)12-6-4-5-11(7-12)10(3)16/h4-7,9,13,15H,8,14H2,1-3H3. The van der Waals surface area contributed by atoms with Crippen molar-refractivity contribution in [1.82, 2.24) is 4.72 Å². The third-order valence-corrected chi connectivity index (χ3v) is 4.40. The molecule has 0 spiro atoms. The fourth-order valence-corrected chi connectivity index (χ4v) is 3.05. The Kier molecular flexibility index (Phi) is 5.22. The van der Waals surface area contributed by atoms with Gasteiger partial charge in [0.15, 0.2) is 5.78 Å². The zero-order chi connectivity index (χ0) is 14.6. The molecular formula is C13H20N2O3S. The van der Waals surface area contributed by atoms with Crippen molar-refractivity contribution < 1.29 is 13.2 Å². The molecule has 0 aliphatic carbocycles. The third kappa shape index (κ3) is 4.12. The van der Waals surface area contributed by atoms with Gasteiger partial charge in [-0.1, -0.05) is 26.0 Å². The highest BCUT2D eigenvalue weighted by molar-refractivity contribution is 7.89. The van der Waals surface area contributed by atoms with Crippen LogP contribution in [0, 0.1) is 5.92 Å². The van der Waals surface area contributed by atoms with Crippen LogP contribution in [0.1, 0.15) is 31.1 Å². The quantitative estimate of drug-likeness (QED) is 0.767. The van der Waals surface area contributed by atoms with Crippen molar-refractivity contribution in [2.45, 2.75) is 31.7 Å². The Morgan fingerprint density at radius 3 is 2.47 bits per heavy atom. The molecule has 19 heavy (non-hydrogen) atoms. The number of benzene rings is 1.